The fourth-order valence-corrected chi connectivity index (χ4v) is 4.28. The lowest BCUT2D eigenvalue weighted by Gasteiger charge is -2.24. The van der Waals surface area contributed by atoms with Crippen LogP contribution in [0.15, 0.2) is 5.38 Å². The van der Waals surface area contributed by atoms with Crippen LogP contribution in [-0.4, -0.2) is 39.6 Å². The van der Waals surface area contributed by atoms with Gasteiger partial charge in [-0.25, -0.2) is 14.6 Å². The molecule has 2 amide bonds. The Morgan fingerprint density at radius 3 is 3.00 bits per heavy atom. The van der Waals surface area contributed by atoms with E-state index in [1.807, 2.05) is 12.3 Å². The molecule has 6 nitrogen and oxygen atoms in total. The highest BCUT2D eigenvalue weighted by Gasteiger charge is 2.49. The van der Waals surface area contributed by atoms with Crippen molar-refractivity contribution in [3.63, 3.8) is 0 Å². The van der Waals surface area contributed by atoms with Crippen LogP contribution in [0.1, 0.15) is 30.0 Å². The molecule has 2 aliphatic rings. The standard InChI is InChI=1S/C14H19N3O3S/c1-8-7-21-11(16-8)5-15-14(20)17-6-9-3-2-4-10(9)12(17)13(18)19/h7,9-10,12H,2-6H2,1H3,(H,15,20)(H,18,19). The number of carbonyl (C=O) groups is 2. The lowest BCUT2D eigenvalue weighted by Crippen LogP contribution is -2.47. The number of hydrogen-bond donors (Lipinski definition) is 2. The van der Waals surface area contributed by atoms with Gasteiger partial charge in [-0.15, -0.1) is 11.3 Å². The summed E-state index contributed by atoms with van der Waals surface area (Å²) in [5.41, 5.74) is 0.934. The Labute approximate surface area is 127 Å². The second-order valence-electron chi connectivity index (χ2n) is 5.83. The molecule has 3 unspecified atom stereocenters. The van der Waals surface area contributed by atoms with E-state index >= 15 is 0 Å². The van der Waals surface area contributed by atoms with Gasteiger partial charge in [0.1, 0.15) is 11.0 Å². The van der Waals surface area contributed by atoms with Gasteiger partial charge in [0.15, 0.2) is 0 Å². The van der Waals surface area contributed by atoms with Gasteiger partial charge in [-0.05, 0) is 31.6 Å². The number of carboxylic acids is 1. The number of hydrogen-bond acceptors (Lipinski definition) is 4. The summed E-state index contributed by atoms with van der Waals surface area (Å²) in [6.07, 6.45) is 3.02. The molecule has 21 heavy (non-hydrogen) atoms. The number of thiazole rings is 1. The van der Waals surface area contributed by atoms with Crippen LogP contribution in [-0.2, 0) is 11.3 Å². The van der Waals surface area contributed by atoms with E-state index in [2.05, 4.69) is 10.3 Å². The molecule has 1 saturated carbocycles. The van der Waals surface area contributed by atoms with Gasteiger partial charge in [0.2, 0.25) is 0 Å². The number of likely N-dealkylation sites (tertiary alicyclic amines) is 1. The number of aromatic nitrogens is 1. The lowest BCUT2D eigenvalue weighted by molar-refractivity contribution is -0.142. The summed E-state index contributed by atoms with van der Waals surface area (Å²) in [6, 6.07) is -0.958. The van der Waals surface area contributed by atoms with Crippen molar-refractivity contribution in [2.75, 3.05) is 6.54 Å². The van der Waals surface area contributed by atoms with Crippen molar-refractivity contribution in [2.45, 2.75) is 38.8 Å². The van der Waals surface area contributed by atoms with E-state index in [1.54, 1.807) is 0 Å². The zero-order valence-electron chi connectivity index (χ0n) is 11.9. The van der Waals surface area contributed by atoms with Gasteiger partial charge in [-0.1, -0.05) is 6.42 Å². The van der Waals surface area contributed by atoms with Gasteiger partial charge in [-0.3, -0.25) is 0 Å². The van der Waals surface area contributed by atoms with Gasteiger partial charge in [0.25, 0.3) is 0 Å². The van der Waals surface area contributed by atoms with Crippen molar-refractivity contribution < 1.29 is 14.7 Å². The number of carbonyl (C=O) groups excluding carboxylic acids is 1. The number of amides is 2. The lowest BCUT2D eigenvalue weighted by atomic mass is 9.94. The molecule has 7 heteroatoms. The highest BCUT2D eigenvalue weighted by atomic mass is 32.1. The first-order valence-corrected chi connectivity index (χ1v) is 8.12. The van der Waals surface area contributed by atoms with Gasteiger partial charge in [0, 0.05) is 17.6 Å². The van der Waals surface area contributed by atoms with Crippen molar-refractivity contribution >= 4 is 23.3 Å². The van der Waals surface area contributed by atoms with Gasteiger partial charge in [-0.2, -0.15) is 0 Å². The number of aryl methyl sites for hydroxylation is 1. The molecule has 1 aromatic rings. The van der Waals surface area contributed by atoms with Crippen LogP contribution in [0.4, 0.5) is 4.79 Å². The molecule has 3 atom stereocenters. The van der Waals surface area contributed by atoms with Crippen LogP contribution in [0.5, 0.6) is 0 Å². The Hall–Kier alpha value is -1.63. The van der Waals surface area contributed by atoms with E-state index in [0.717, 1.165) is 30.0 Å². The summed E-state index contributed by atoms with van der Waals surface area (Å²) < 4.78 is 0. The molecule has 2 heterocycles. The molecule has 114 valence electrons. The summed E-state index contributed by atoms with van der Waals surface area (Å²) in [5.74, 6) is -0.418. The van der Waals surface area contributed by atoms with E-state index < -0.39 is 12.0 Å². The highest BCUT2D eigenvalue weighted by Crippen LogP contribution is 2.42. The fourth-order valence-electron chi connectivity index (χ4n) is 3.57. The average molecular weight is 309 g/mol. The number of urea groups is 1. The minimum Gasteiger partial charge on any atom is -0.480 e. The van der Waals surface area contributed by atoms with Gasteiger partial charge < -0.3 is 15.3 Å². The van der Waals surface area contributed by atoms with E-state index in [1.165, 1.54) is 16.2 Å². The number of rotatable bonds is 3. The minimum atomic E-state index is -0.885. The summed E-state index contributed by atoms with van der Waals surface area (Å²) in [7, 11) is 0. The first-order valence-electron chi connectivity index (χ1n) is 7.24. The Bertz CT molecular complexity index is 559. The molecule has 1 aliphatic heterocycles. The summed E-state index contributed by atoms with van der Waals surface area (Å²) in [5, 5.41) is 15.0. The first-order chi connectivity index (χ1) is 10.1. The fraction of sp³-hybridized carbons (Fsp3) is 0.643. The Morgan fingerprint density at radius 1 is 1.52 bits per heavy atom. The van der Waals surface area contributed by atoms with Crippen molar-refractivity contribution in [2.24, 2.45) is 11.8 Å². The predicted molar refractivity (Wildman–Crippen MR) is 78.0 cm³/mol. The number of aliphatic carboxylic acids is 1. The van der Waals surface area contributed by atoms with Crippen molar-refractivity contribution in [3.8, 4) is 0 Å². The van der Waals surface area contributed by atoms with E-state index in [-0.39, 0.29) is 11.9 Å². The molecule has 1 saturated heterocycles. The molecule has 2 fully saturated rings. The van der Waals surface area contributed by atoms with Crippen LogP contribution in [0.25, 0.3) is 0 Å². The van der Waals surface area contributed by atoms with Crippen LogP contribution in [0.2, 0.25) is 0 Å². The van der Waals surface area contributed by atoms with Crippen molar-refractivity contribution in [3.05, 3.63) is 16.1 Å². The maximum absolute atomic E-state index is 12.3. The first kappa shape index (κ1) is 14.3. The molecule has 0 aromatic carbocycles. The van der Waals surface area contributed by atoms with Crippen molar-refractivity contribution in [1.82, 2.24) is 15.2 Å². The van der Waals surface area contributed by atoms with Crippen LogP contribution in [0.3, 0.4) is 0 Å². The molecule has 1 aliphatic carbocycles. The highest BCUT2D eigenvalue weighted by molar-refractivity contribution is 7.09. The average Bonchev–Trinajstić information content (AvgIpc) is 3.09. The van der Waals surface area contributed by atoms with Crippen LogP contribution < -0.4 is 5.32 Å². The molecular weight excluding hydrogens is 290 g/mol. The molecule has 0 bridgehead atoms. The maximum Gasteiger partial charge on any atom is 0.326 e. The minimum absolute atomic E-state index is 0.121. The van der Waals surface area contributed by atoms with E-state index in [0.29, 0.717) is 19.0 Å². The topological polar surface area (TPSA) is 82.5 Å². The molecular formula is C14H19N3O3S. The van der Waals surface area contributed by atoms with Crippen LogP contribution in [0, 0.1) is 18.8 Å². The number of nitrogens with zero attached hydrogens (tertiary/aromatic N) is 2. The molecule has 3 rings (SSSR count). The number of fused-ring (bicyclic) bond motifs is 1. The monoisotopic (exact) mass is 309 g/mol. The third-order valence-electron chi connectivity index (χ3n) is 4.46. The zero-order valence-corrected chi connectivity index (χ0v) is 12.7. The number of nitrogens with one attached hydrogen (secondary N) is 1. The normalized spacial score (nSPS) is 27.7. The van der Waals surface area contributed by atoms with E-state index in [9.17, 15) is 14.7 Å². The summed E-state index contributed by atoms with van der Waals surface area (Å²) >= 11 is 1.50. The zero-order chi connectivity index (χ0) is 15.0. The van der Waals surface area contributed by atoms with Crippen LogP contribution >= 0.6 is 11.3 Å². The summed E-state index contributed by atoms with van der Waals surface area (Å²) in [4.78, 5) is 29.6. The molecule has 0 radical (unpaired) electrons. The maximum atomic E-state index is 12.3. The Balaban J connectivity index is 1.64. The SMILES string of the molecule is Cc1csc(CNC(=O)N2CC3CCCC3C2C(=O)O)n1. The molecule has 0 spiro atoms. The van der Waals surface area contributed by atoms with Gasteiger partial charge >= 0.3 is 12.0 Å². The van der Waals surface area contributed by atoms with Crippen molar-refractivity contribution in [1.29, 1.82) is 0 Å². The third kappa shape index (κ3) is 2.74. The number of carboxylic acid groups (broad SMARTS) is 1. The molecule has 1 aromatic heterocycles. The predicted octanol–water partition coefficient (Wildman–Crippen LogP) is 1.85. The van der Waals surface area contributed by atoms with Gasteiger partial charge in [0.05, 0.1) is 6.54 Å². The summed E-state index contributed by atoms with van der Waals surface area (Å²) in [6.45, 7) is 2.82. The Kier molecular flexibility index (Phi) is 3.84. The second kappa shape index (κ2) is 5.63. The largest absolute Gasteiger partial charge is 0.480 e. The smallest absolute Gasteiger partial charge is 0.326 e. The quantitative estimate of drug-likeness (QED) is 0.892. The second-order valence-corrected chi connectivity index (χ2v) is 6.77. The Morgan fingerprint density at radius 2 is 2.33 bits per heavy atom. The third-order valence-corrected chi connectivity index (χ3v) is 5.43. The van der Waals surface area contributed by atoms with E-state index in [4.69, 9.17) is 0 Å². The molecule has 2 N–H and O–H groups in total.